The molecule has 0 aliphatic heterocycles. The smallest absolute Gasteiger partial charge is 0.357 e. The van der Waals surface area contributed by atoms with Gasteiger partial charge in [-0.15, -0.1) is 0 Å². The number of nitrogens with zero attached hydrogens (tertiary/aromatic N) is 2. The summed E-state index contributed by atoms with van der Waals surface area (Å²) >= 11 is 0. The van der Waals surface area contributed by atoms with Crippen molar-refractivity contribution in [1.82, 2.24) is 9.78 Å². The van der Waals surface area contributed by atoms with Gasteiger partial charge in [-0.25, -0.2) is 18.7 Å². The molecule has 160 valence electrons. The third-order valence-corrected chi connectivity index (χ3v) is 5.00. The van der Waals surface area contributed by atoms with Gasteiger partial charge in [0.2, 0.25) is 0 Å². The summed E-state index contributed by atoms with van der Waals surface area (Å²) in [6.45, 7) is 0. The average Bonchev–Trinajstić information content (AvgIpc) is 3.24. The van der Waals surface area contributed by atoms with E-state index in [0.717, 1.165) is 0 Å². The van der Waals surface area contributed by atoms with Crippen LogP contribution in [0.2, 0.25) is 0 Å². The van der Waals surface area contributed by atoms with E-state index in [0.29, 0.717) is 22.4 Å². The molecule has 32 heavy (non-hydrogen) atoms. The van der Waals surface area contributed by atoms with Gasteiger partial charge in [0, 0.05) is 11.1 Å². The van der Waals surface area contributed by atoms with E-state index in [2.05, 4.69) is 5.10 Å². The van der Waals surface area contributed by atoms with Gasteiger partial charge in [0.05, 0.1) is 19.9 Å². The second-order valence-electron chi connectivity index (χ2n) is 6.83. The summed E-state index contributed by atoms with van der Waals surface area (Å²) in [6, 6.07) is 22.1. The van der Waals surface area contributed by atoms with Gasteiger partial charge in [-0.1, -0.05) is 60.7 Å². The first-order valence-corrected chi connectivity index (χ1v) is 9.76. The Morgan fingerprint density at radius 3 is 1.94 bits per heavy atom. The van der Waals surface area contributed by atoms with Crippen molar-refractivity contribution in [2.45, 2.75) is 0 Å². The molecule has 7 heteroatoms. The minimum atomic E-state index is -0.758. The second-order valence-corrected chi connectivity index (χ2v) is 6.83. The lowest BCUT2D eigenvalue weighted by molar-refractivity contribution is 0.0549. The molecule has 0 atom stereocenters. The molecular weight excluding hydrogens is 411 g/mol. The molecule has 4 aromatic rings. The molecule has 0 saturated heterocycles. The quantitative estimate of drug-likeness (QED) is 0.421. The molecule has 0 aliphatic rings. The van der Waals surface area contributed by atoms with Crippen LogP contribution in [0.5, 0.6) is 0 Å². The van der Waals surface area contributed by atoms with Crippen LogP contribution >= 0.6 is 0 Å². The van der Waals surface area contributed by atoms with Crippen molar-refractivity contribution in [3.63, 3.8) is 0 Å². The van der Waals surface area contributed by atoms with Gasteiger partial charge in [-0.2, -0.15) is 5.10 Å². The van der Waals surface area contributed by atoms with Crippen LogP contribution < -0.4 is 0 Å². The first-order valence-electron chi connectivity index (χ1n) is 9.76. The van der Waals surface area contributed by atoms with E-state index in [9.17, 15) is 14.0 Å². The van der Waals surface area contributed by atoms with Crippen LogP contribution in [0.15, 0.2) is 78.9 Å². The molecule has 0 spiro atoms. The van der Waals surface area contributed by atoms with Crippen molar-refractivity contribution in [1.29, 1.82) is 0 Å². The molecule has 0 aliphatic carbocycles. The average molecular weight is 430 g/mol. The molecule has 0 N–H and O–H groups in total. The molecule has 0 radical (unpaired) electrons. The van der Waals surface area contributed by atoms with Gasteiger partial charge in [0.25, 0.3) is 0 Å². The van der Waals surface area contributed by atoms with Crippen molar-refractivity contribution >= 4 is 11.9 Å². The molecule has 3 aromatic carbocycles. The Kier molecular flexibility index (Phi) is 5.81. The fraction of sp³-hybridized carbons (Fsp3) is 0.0800. The zero-order valence-corrected chi connectivity index (χ0v) is 17.4. The van der Waals surface area contributed by atoms with Gasteiger partial charge in [-0.3, -0.25) is 0 Å². The number of carbonyl (C=O) groups excluding carboxylic acids is 2. The molecule has 6 nitrogen and oxygen atoms in total. The SMILES string of the molecule is COC(=O)c1c(-c2ccccc2-c2ccccc2F)nn(-c2ccccc2)c1C(=O)OC. The molecule has 0 amide bonds. The lowest BCUT2D eigenvalue weighted by Crippen LogP contribution is -2.15. The summed E-state index contributed by atoms with van der Waals surface area (Å²) in [6.07, 6.45) is 0. The van der Waals surface area contributed by atoms with E-state index >= 15 is 0 Å². The van der Waals surface area contributed by atoms with Crippen LogP contribution in [-0.2, 0) is 9.47 Å². The number of ether oxygens (including phenoxy) is 2. The van der Waals surface area contributed by atoms with E-state index in [-0.39, 0.29) is 17.0 Å². The fourth-order valence-electron chi connectivity index (χ4n) is 3.55. The number of esters is 2. The van der Waals surface area contributed by atoms with Crippen molar-refractivity contribution in [2.75, 3.05) is 14.2 Å². The monoisotopic (exact) mass is 430 g/mol. The van der Waals surface area contributed by atoms with Gasteiger partial charge in [0.1, 0.15) is 17.1 Å². The van der Waals surface area contributed by atoms with E-state index in [4.69, 9.17) is 9.47 Å². The Bertz CT molecular complexity index is 1300. The van der Waals surface area contributed by atoms with E-state index in [1.54, 1.807) is 66.7 Å². The first-order chi connectivity index (χ1) is 15.6. The number of methoxy groups -OCH3 is 2. The number of aromatic nitrogens is 2. The Morgan fingerprint density at radius 1 is 0.750 bits per heavy atom. The fourth-order valence-corrected chi connectivity index (χ4v) is 3.55. The zero-order chi connectivity index (χ0) is 22.7. The van der Waals surface area contributed by atoms with Crippen LogP contribution in [0.1, 0.15) is 20.8 Å². The van der Waals surface area contributed by atoms with Crippen molar-refractivity contribution in [3.8, 4) is 28.1 Å². The molecule has 1 aromatic heterocycles. The summed E-state index contributed by atoms with van der Waals surface area (Å²) in [7, 11) is 2.44. The van der Waals surface area contributed by atoms with Crippen LogP contribution in [0.3, 0.4) is 0 Å². The zero-order valence-electron chi connectivity index (χ0n) is 17.4. The van der Waals surface area contributed by atoms with Crippen LogP contribution in [-0.4, -0.2) is 35.9 Å². The first kappa shape index (κ1) is 21.0. The molecule has 0 fully saturated rings. The summed E-state index contributed by atoms with van der Waals surface area (Å²) in [4.78, 5) is 25.6. The lowest BCUT2D eigenvalue weighted by atomic mass is 9.95. The summed E-state index contributed by atoms with van der Waals surface area (Å²) in [5.74, 6) is -1.93. The number of hydrogen-bond acceptors (Lipinski definition) is 5. The van der Waals surface area contributed by atoms with Crippen LogP contribution in [0.25, 0.3) is 28.1 Å². The Balaban J connectivity index is 2.07. The van der Waals surface area contributed by atoms with Gasteiger partial charge in [-0.05, 0) is 23.8 Å². The summed E-state index contributed by atoms with van der Waals surface area (Å²) in [5.41, 5.74) is 1.92. The molecular formula is C25H19FN2O4. The van der Waals surface area contributed by atoms with Gasteiger partial charge >= 0.3 is 11.9 Å². The van der Waals surface area contributed by atoms with Crippen LogP contribution in [0, 0.1) is 5.82 Å². The number of hydrogen-bond donors (Lipinski definition) is 0. The number of halogens is 1. The maximum Gasteiger partial charge on any atom is 0.357 e. The van der Waals surface area contributed by atoms with Gasteiger partial charge in [0.15, 0.2) is 5.69 Å². The Morgan fingerprint density at radius 2 is 1.31 bits per heavy atom. The number of benzene rings is 3. The molecule has 0 unspecified atom stereocenters. The third-order valence-electron chi connectivity index (χ3n) is 5.00. The Labute approximate surface area is 183 Å². The highest BCUT2D eigenvalue weighted by atomic mass is 19.1. The van der Waals surface area contributed by atoms with Crippen molar-refractivity contribution in [3.05, 3.63) is 95.9 Å². The van der Waals surface area contributed by atoms with Crippen molar-refractivity contribution < 1.29 is 23.5 Å². The van der Waals surface area contributed by atoms with E-state index in [1.807, 2.05) is 6.07 Å². The highest BCUT2D eigenvalue weighted by molar-refractivity contribution is 6.07. The number of carbonyl (C=O) groups is 2. The standard InChI is InChI=1S/C25H19FN2O4/c1-31-24(29)21-22(19-14-7-6-12-17(19)18-13-8-9-15-20(18)26)27-28(23(21)25(30)32-2)16-10-4-3-5-11-16/h3-15H,1-2H3. The summed E-state index contributed by atoms with van der Waals surface area (Å²) in [5, 5.41) is 4.60. The van der Waals surface area contributed by atoms with E-state index in [1.165, 1.54) is 25.0 Å². The largest absolute Gasteiger partial charge is 0.465 e. The number of para-hydroxylation sites is 1. The maximum absolute atomic E-state index is 14.6. The minimum absolute atomic E-state index is 0.0630. The molecule has 0 bridgehead atoms. The lowest BCUT2D eigenvalue weighted by Gasteiger charge is -2.10. The van der Waals surface area contributed by atoms with Gasteiger partial charge < -0.3 is 9.47 Å². The molecule has 0 saturated carbocycles. The second kappa shape index (κ2) is 8.85. The predicted octanol–water partition coefficient (Wildman–Crippen LogP) is 4.92. The highest BCUT2D eigenvalue weighted by Gasteiger charge is 2.32. The predicted molar refractivity (Wildman–Crippen MR) is 117 cm³/mol. The topological polar surface area (TPSA) is 70.4 Å². The maximum atomic E-state index is 14.6. The third kappa shape index (κ3) is 3.65. The normalized spacial score (nSPS) is 10.6. The molecule has 1 heterocycles. The van der Waals surface area contributed by atoms with Crippen molar-refractivity contribution in [2.24, 2.45) is 0 Å². The Hall–Kier alpha value is -4.26. The number of rotatable bonds is 5. The molecule has 4 rings (SSSR count). The summed E-state index contributed by atoms with van der Waals surface area (Å²) < 4.78 is 25.9. The minimum Gasteiger partial charge on any atom is -0.465 e. The van der Waals surface area contributed by atoms with E-state index < -0.39 is 17.8 Å². The van der Waals surface area contributed by atoms with Crippen LogP contribution in [0.4, 0.5) is 4.39 Å². The highest BCUT2D eigenvalue weighted by Crippen LogP contribution is 2.36.